The van der Waals surface area contributed by atoms with Crippen LogP contribution in [0.3, 0.4) is 0 Å². The van der Waals surface area contributed by atoms with E-state index in [0.29, 0.717) is 12.5 Å². The van der Waals surface area contributed by atoms with Crippen molar-refractivity contribution in [2.24, 2.45) is 5.92 Å². The Morgan fingerprint density at radius 3 is 2.65 bits per heavy atom. The molecule has 0 saturated carbocycles. The molecule has 1 aromatic carbocycles. The highest BCUT2D eigenvalue weighted by Crippen LogP contribution is 2.21. The maximum Gasteiger partial charge on any atom is 0.317 e. The Hall–Kier alpha value is -1.75. The van der Waals surface area contributed by atoms with Crippen LogP contribution in [0.4, 0.5) is 4.79 Å². The summed E-state index contributed by atoms with van der Waals surface area (Å²) < 4.78 is 5.21. The molecule has 0 aromatic heterocycles. The van der Waals surface area contributed by atoms with E-state index < -0.39 is 0 Å². The van der Waals surface area contributed by atoms with Crippen molar-refractivity contribution < 1.29 is 9.53 Å². The number of hydrogen-bond acceptors (Lipinski definition) is 3. The molecule has 23 heavy (non-hydrogen) atoms. The van der Waals surface area contributed by atoms with Gasteiger partial charge in [0, 0.05) is 19.6 Å². The molecule has 2 atom stereocenters. The van der Waals surface area contributed by atoms with Crippen molar-refractivity contribution in [3.8, 4) is 5.75 Å². The Balaban J connectivity index is 1.95. The van der Waals surface area contributed by atoms with E-state index in [9.17, 15) is 4.79 Å². The third kappa shape index (κ3) is 4.86. The van der Waals surface area contributed by atoms with Crippen LogP contribution < -0.4 is 10.1 Å². The summed E-state index contributed by atoms with van der Waals surface area (Å²) >= 11 is 0. The summed E-state index contributed by atoms with van der Waals surface area (Å²) in [7, 11) is 5.73. The Morgan fingerprint density at radius 2 is 2.09 bits per heavy atom. The summed E-state index contributed by atoms with van der Waals surface area (Å²) in [5.74, 6) is 1.44. The number of methoxy groups -OCH3 is 1. The molecule has 1 heterocycles. The van der Waals surface area contributed by atoms with Crippen LogP contribution in [0.25, 0.3) is 0 Å². The van der Waals surface area contributed by atoms with Gasteiger partial charge in [-0.1, -0.05) is 19.1 Å². The van der Waals surface area contributed by atoms with Crippen LogP contribution in [-0.4, -0.2) is 56.7 Å². The van der Waals surface area contributed by atoms with Gasteiger partial charge in [-0.15, -0.1) is 0 Å². The summed E-state index contributed by atoms with van der Waals surface area (Å²) in [6.45, 7) is 4.54. The van der Waals surface area contributed by atoms with E-state index in [1.54, 1.807) is 7.11 Å². The molecular weight excluding hydrogens is 290 g/mol. The molecule has 0 spiro atoms. The number of rotatable bonds is 5. The minimum absolute atomic E-state index is 0.0527. The summed E-state index contributed by atoms with van der Waals surface area (Å²) in [5.41, 5.74) is 1.17. The smallest absolute Gasteiger partial charge is 0.317 e. The van der Waals surface area contributed by atoms with Crippen molar-refractivity contribution in [2.75, 3.05) is 40.8 Å². The summed E-state index contributed by atoms with van der Waals surface area (Å²) in [5, 5.41) is 3.10. The number of benzene rings is 1. The number of amides is 2. The van der Waals surface area contributed by atoms with E-state index in [-0.39, 0.29) is 12.1 Å². The van der Waals surface area contributed by atoms with Gasteiger partial charge in [-0.2, -0.15) is 0 Å². The van der Waals surface area contributed by atoms with Crippen LogP contribution in [0.1, 0.15) is 31.4 Å². The lowest BCUT2D eigenvalue weighted by Crippen LogP contribution is -2.47. The van der Waals surface area contributed by atoms with Crippen LogP contribution in [0.15, 0.2) is 24.3 Å². The van der Waals surface area contributed by atoms with Crippen molar-refractivity contribution in [1.29, 1.82) is 0 Å². The predicted molar refractivity (Wildman–Crippen MR) is 92.8 cm³/mol. The third-order valence-electron chi connectivity index (χ3n) is 4.51. The van der Waals surface area contributed by atoms with Crippen LogP contribution in [0, 0.1) is 5.92 Å². The topological polar surface area (TPSA) is 44.8 Å². The molecule has 2 amide bonds. The minimum Gasteiger partial charge on any atom is -0.497 e. The van der Waals surface area contributed by atoms with Gasteiger partial charge in [0.25, 0.3) is 0 Å². The van der Waals surface area contributed by atoms with Crippen molar-refractivity contribution in [1.82, 2.24) is 15.1 Å². The molecule has 2 unspecified atom stereocenters. The quantitative estimate of drug-likeness (QED) is 0.907. The van der Waals surface area contributed by atoms with Gasteiger partial charge < -0.3 is 19.9 Å². The van der Waals surface area contributed by atoms with E-state index in [4.69, 9.17) is 4.74 Å². The fourth-order valence-corrected chi connectivity index (χ4v) is 3.09. The average Bonchev–Trinajstić information content (AvgIpc) is 2.55. The Bertz CT molecular complexity index is 501. The fraction of sp³-hybridized carbons (Fsp3) is 0.611. The fourth-order valence-electron chi connectivity index (χ4n) is 3.09. The third-order valence-corrected chi connectivity index (χ3v) is 4.51. The van der Waals surface area contributed by atoms with Gasteiger partial charge in [0.15, 0.2) is 0 Å². The van der Waals surface area contributed by atoms with Crippen LogP contribution >= 0.6 is 0 Å². The van der Waals surface area contributed by atoms with Crippen molar-refractivity contribution in [3.63, 3.8) is 0 Å². The zero-order valence-corrected chi connectivity index (χ0v) is 14.7. The van der Waals surface area contributed by atoms with Gasteiger partial charge in [-0.3, -0.25) is 0 Å². The van der Waals surface area contributed by atoms with Crippen LogP contribution in [0.5, 0.6) is 5.75 Å². The highest BCUT2D eigenvalue weighted by molar-refractivity contribution is 5.74. The highest BCUT2D eigenvalue weighted by Gasteiger charge is 2.22. The first-order valence-electron chi connectivity index (χ1n) is 8.34. The number of likely N-dealkylation sites (N-methyl/N-ethyl adjacent to an activating group) is 1. The molecule has 0 aliphatic carbocycles. The lowest BCUT2D eigenvalue weighted by atomic mass is 10.0. The van der Waals surface area contributed by atoms with Crippen LogP contribution in [0.2, 0.25) is 0 Å². The molecule has 1 aliphatic heterocycles. The maximum absolute atomic E-state index is 12.4. The Morgan fingerprint density at radius 1 is 1.39 bits per heavy atom. The summed E-state index contributed by atoms with van der Waals surface area (Å²) in [4.78, 5) is 16.4. The molecule has 1 N–H and O–H groups in total. The van der Waals surface area contributed by atoms with Gasteiger partial charge >= 0.3 is 6.03 Å². The van der Waals surface area contributed by atoms with E-state index >= 15 is 0 Å². The lowest BCUT2D eigenvalue weighted by Gasteiger charge is -2.32. The molecule has 5 nitrogen and oxygen atoms in total. The largest absolute Gasteiger partial charge is 0.497 e. The number of piperidine rings is 1. The first-order valence-corrected chi connectivity index (χ1v) is 8.34. The number of likely N-dealkylation sites (tertiary alicyclic amines) is 1. The number of nitrogens with one attached hydrogen (secondary N) is 1. The van der Waals surface area contributed by atoms with Crippen molar-refractivity contribution in [2.45, 2.75) is 25.8 Å². The number of carbonyl (C=O) groups is 1. The predicted octanol–water partition coefficient (Wildman–Crippen LogP) is 2.74. The number of carbonyl (C=O) groups excluding carboxylic acids is 1. The number of nitrogens with zero attached hydrogens (tertiary/aromatic N) is 2. The highest BCUT2D eigenvalue weighted by atomic mass is 16.5. The molecule has 1 aliphatic rings. The normalized spacial score (nSPS) is 19.5. The van der Waals surface area contributed by atoms with E-state index in [1.807, 2.05) is 31.1 Å². The molecule has 1 aromatic rings. The first kappa shape index (κ1) is 17.6. The van der Waals surface area contributed by atoms with Crippen molar-refractivity contribution in [3.05, 3.63) is 29.8 Å². The number of hydrogen-bond donors (Lipinski definition) is 1. The summed E-state index contributed by atoms with van der Waals surface area (Å²) in [6.07, 6.45) is 2.32. The zero-order valence-electron chi connectivity index (χ0n) is 14.7. The SMILES string of the molecule is COc1ccc(C(CNC(=O)N2CCCC(C)C2)N(C)C)cc1. The second-order valence-corrected chi connectivity index (χ2v) is 6.63. The monoisotopic (exact) mass is 319 g/mol. The lowest BCUT2D eigenvalue weighted by molar-refractivity contribution is 0.166. The Kier molecular flexibility index (Phi) is 6.28. The van der Waals surface area contributed by atoms with Crippen LogP contribution in [-0.2, 0) is 0 Å². The van der Waals surface area contributed by atoms with E-state index in [2.05, 4.69) is 29.3 Å². The standard InChI is InChI=1S/C18H29N3O2/c1-14-6-5-11-21(13-14)18(22)19-12-17(20(2)3)15-7-9-16(23-4)10-8-15/h7-10,14,17H,5-6,11-13H2,1-4H3,(H,19,22). The van der Waals surface area contributed by atoms with Gasteiger partial charge in [0.05, 0.1) is 13.2 Å². The molecule has 2 rings (SSSR count). The molecule has 0 bridgehead atoms. The first-order chi connectivity index (χ1) is 11.0. The molecule has 0 radical (unpaired) electrons. The molecule has 1 fully saturated rings. The molecular formula is C18H29N3O2. The maximum atomic E-state index is 12.4. The second-order valence-electron chi connectivity index (χ2n) is 6.63. The molecule has 1 saturated heterocycles. The van der Waals surface area contributed by atoms with Gasteiger partial charge in [-0.05, 0) is 50.6 Å². The van der Waals surface area contributed by atoms with E-state index in [0.717, 1.165) is 25.3 Å². The summed E-state index contributed by atoms with van der Waals surface area (Å²) in [6, 6.07) is 8.22. The molecule has 5 heteroatoms. The number of urea groups is 1. The number of ether oxygens (including phenoxy) is 1. The minimum atomic E-state index is 0.0527. The van der Waals surface area contributed by atoms with Gasteiger partial charge in [0.2, 0.25) is 0 Å². The van der Waals surface area contributed by atoms with Gasteiger partial charge in [0.1, 0.15) is 5.75 Å². The second kappa shape index (κ2) is 8.20. The van der Waals surface area contributed by atoms with Gasteiger partial charge in [-0.25, -0.2) is 4.79 Å². The average molecular weight is 319 g/mol. The zero-order chi connectivity index (χ0) is 16.8. The van der Waals surface area contributed by atoms with E-state index in [1.165, 1.54) is 12.0 Å². The Labute approximate surface area is 139 Å². The molecule has 128 valence electrons. The van der Waals surface area contributed by atoms with Crippen molar-refractivity contribution >= 4 is 6.03 Å².